The molecule has 0 spiro atoms. The van der Waals surface area contributed by atoms with Crippen molar-refractivity contribution in [1.29, 1.82) is 0 Å². The number of ether oxygens (including phenoxy) is 1. The number of hydrogen-bond acceptors (Lipinski definition) is 4. The minimum Gasteiger partial charge on any atom is -0.495 e. The van der Waals surface area contributed by atoms with Crippen LogP contribution in [0.1, 0.15) is 11.1 Å². The van der Waals surface area contributed by atoms with E-state index in [1.807, 2.05) is 32.0 Å². The molecule has 2 N–H and O–H groups in total. The molecule has 2 rings (SSSR count). The van der Waals surface area contributed by atoms with Gasteiger partial charge in [0.25, 0.3) is 0 Å². The Labute approximate surface area is 162 Å². The van der Waals surface area contributed by atoms with E-state index in [-0.39, 0.29) is 23.3 Å². The van der Waals surface area contributed by atoms with Gasteiger partial charge in [0.05, 0.1) is 23.6 Å². The van der Waals surface area contributed by atoms with Crippen LogP contribution in [0.15, 0.2) is 36.4 Å². The number of nitrogens with one attached hydrogen (secondary N) is 2. The van der Waals surface area contributed by atoms with Crippen LogP contribution in [0.5, 0.6) is 5.75 Å². The van der Waals surface area contributed by atoms with Gasteiger partial charge in [-0.2, -0.15) is 0 Å². The van der Waals surface area contributed by atoms with E-state index in [0.717, 1.165) is 16.8 Å². The molecule has 0 bridgehead atoms. The number of hydrogen-bond donors (Lipinski definition) is 2. The van der Waals surface area contributed by atoms with Gasteiger partial charge in [-0.1, -0.05) is 17.7 Å². The Morgan fingerprint density at radius 1 is 0.962 bits per heavy atom. The third kappa shape index (κ3) is 6.28. The highest BCUT2D eigenvalue weighted by atomic mass is 35.5. The van der Waals surface area contributed by atoms with Crippen molar-refractivity contribution in [2.24, 2.45) is 0 Å². The molecule has 0 aliphatic carbocycles. The number of rotatable bonds is 7. The van der Waals surface area contributed by atoms with Gasteiger partial charge >= 0.3 is 0 Å². The molecule has 0 unspecified atom stereocenters. The Morgan fingerprint density at radius 3 is 2.08 bits per heavy atom. The Balaban J connectivity index is 1.77. The fourth-order valence-corrected chi connectivity index (χ4v) is 3.30. The van der Waals surface area contributed by atoms with Crippen molar-refractivity contribution >= 4 is 46.6 Å². The number of methoxy groups -OCH3 is 1. The number of anilines is 2. The van der Waals surface area contributed by atoms with Gasteiger partial charge in [0, 0.05) is 11.4 Å². The van der Waals surface area contributed by atoms with Gasteiger partial charge in [-0.15, -0.1) is 11.8 Å². The summed E-state index contributed by atoms with van der Waals surface area (Å²) in [5.41, 5.74) is 3.53. The first-order valence-corrected chi connectivity index (χ1v) is 9.50. The SMILES string of the molecule is COc1ccc(NC(=O)CSCC(=O)Nc2cc(C)cc(C)c2)cc1Cl. The van der Waals surface area contributed by atoms with Gasteiger partial charge in [-0.3, -0.25) is 9.59 Å². The standard InChI is InChI=1S/C19H21ClN2O3S/c1-12-6-13(2)8-15(7-12)22-19(24)11-26-10-18(23)21-14-4-5-17(25-3)16(20)9-14/h4-9H,10-11H2,1-3H3,(H,21,23)(H,22,24). The molecule has 5 nitrogen and oxygen atoms in total. The average Bonchev–Trinajstić information content (AvgIpc) is 2.54. The highest BCUT2D eigenvalue weighted by molar-refractivity contribution is 8.00. The second kappa shape index (κ2) is 9.50. The molecule has 0 heterocycles. The first kappa shape index (κ1) is 20.1. The summed E-state index contributed by atoms with van der Waals surface area (Å²) in [4.78, 5) is 24.0. The Bertz CT molecular complexity index is 791. The largest absolute Gasteiger partial charge is 0.495 e. The van der Waals surface area contributed by atoms with Gasteiger partial charge in [0.15, 0.2) is 0 Å². The van der Waals surface area contributed by atoms with E-state index < -0.39 is 0 Å². The van der Waals surface area contributed by atoms with Gasteiger partial charge in [-0.25, -0.2) is 0 Å². The minimum atomic E-state index is -0.199. The van der Waals surface area contributed by atoms with Crippen LogP contribution < -0.4 is 15.4 Å². The maximum absolute atomic E-state index is 12.0. The zero-order valence-electron chi connectivity index (χ0n) is 14.9. The van der Waals surface area contributed by atoms with E-state index in [9.17, 15) is 9.59 Å². The fourth-order valence-electron chi connectivity index (χ4n) is 2.42. The number of aryl methyl sites for hydroxylation is 2. The zero-order chi connectivity index (χ0) is 19.1. The summed E-state index contributed by atoms with van der Waals surface area (Å²) in [5.74, 6) is 0.575. The molecule has 2 aromatic rings. The van der Waals surface area contributed by atoms with Gasteiger partial charge < -0.3 is 15.4 Å². The molecule has 0 aliphatic rings. The number of amides is 2. The minimum absolute atomic E-state index is 0.139. The molecule has 2 amide bonds. The van der Waals surface area contributed by atoms with Crippen molar-refractivity contribution in [2.45, 2.75) is 13.8 Å². The lowest BCUT2D eigenvalue weighted by atomic mass is 10.1. The Kier molecular flexibility index (Phi) is 7.36. The highest BCUT2D eigenvalue weighted by Gasteiger charge is 2.08. The molecule has 2 aromatic carbocycles. The van der Waals surface area contributed by atoms with Crippen LogP contribution in [-0.4, -0.2) is 30.4 Å². The van der Waals surface area contributed by atoms with E-state index >= 15 is 0 Å². The van der Waals surface area contributed by atoms with Gasteiger partial charge in [-0.05, 0) is 55.3 Å². The molecule has 0 saturated heterocycles. The highest BCUT2D eigenvalue weighted by Crippen LogP contribution is 2.27. The second-order valence-corrected chi connectivity index (χ2v) is 7.21. The summed E-state index contributed by atoms with van der Waals surface area (Å²) in [5, 5.41) is 6.01. The molecule has 0 atom stereocenters. The maximum atomic E-state index is 12.0. The van der Waals surface area contributed by atoms with E-state index in [2.05, 4.69) is 10.6 Å². The number of carbonyl (C=O) groups excluding carboxylic acids is 2. The summed E-state index contributed by atoms with van der Waals surface area (Å²) >= 11 is 7.27. The first-order chi connectivity index (χ1) is 12.4. The molecule has 0 aromatic heterocycles. The summed E-state index contributed by atoms with van der Waals surface area (Å²) in [6.45, 7) is 3.96. The van der Waals surface area contributed by atoms with Crippen LogP contribution >= 0.6 is 23.4 Å². The van der Waals surface area contributed by atoms with Crippen molar-refractivity contribution in [3.05, 3.63) is 52.5 Å². The van der Waals surface area contributed by atoms with Crippen LogP contribution in [0.4, 0.5) is 11.4 Å². The van der Waals surface area contributed by atoms with E-state index in [0.29, 0.717) is 16.5 Å². The van der Waals surface area contributed by atoms with E-state index in [1.54, 1.807) is 18.2 Å². The predicted molar refractivity (Wildman–Crippen MR) is 109 cm³/mol. The molecule has 0 fully saturated rings. The number of carbonyl (C=O) groups is 2. The molecule has 0 saturated carbocycles. The van der Waals surface area contributed by atoms with Crippen molar-refractivity contribution in [3.63, 3.8) is 0 Å². The lowest BCUT2D eigenvalue weighted by molar-refractivity contribution is -0.114. The van der Waals surface area contributed by atoms with Gasteiger partial charge in [0.2, 0.25) is 11.8 Å². The van der Waals surface area contributed by atoms with Crippen LogP contribution in [-0.2, 0) is 9.59 Å². The number of thioether (sulfide) groups is 1. The Hall–Kier alpha value is -2.18. The van der Waals surface area contributed by atoms with Gasteiger partial charge in [0.1, 0.15) is 5.75 Å². The maximum Gasteiger partial charge on any atom is 0.234 e. The normalized spacial score (nSPS) is 10.3. The monoisotopic (exact) mass is 392 g/mol. The van der Waals surface area contributed by atoms with Crippen LogP contribution in [0.25, 0.3) is 0 Å². The molecular weight excluding hydrogens is 372 g/mol. The average molecular weight is 393 g/mol. The predicted octanol–water partition coefficient (Wildman–Crippen LogP) is 4.28. The van der Waals surface area contributed by atoms with E-state index in [4.69, 9.17) is 16.3 Å². The quantitative estimate of drug-likeness (QED) is 0.738. The summed E-state index contributed by atoms with van der Waals surface area (Å²) in [6, 6.07) is 10.9. The van der Waals surface area contributed by atoms with Crippen molar-refractivity contribution in [2.75, 3.05) is 29.2 Å². The summed E-state index contributed by atoms with van der Waals surface area (Å²) in [7, 11) is 1.53. The summed E-state index contributed by atoms with van der Waals surface area (Å²) in [6.07, 6.45) is 0. The molecule has 26 heavy (non-hydrogen) atoms. The fraction of sp³-hybridized carbons (Fsp3) is 0.263. The van der Waals surface area contributed by atoms with E-state index in [1.165, 1.54) is 18.9 Å². The molecule has 0 aliphatic heterocycles. The first-order valence-electron chi connectivity index (χ1n) is 7.96. The molecule has 0 radical (unpaired) electrons. The van der Waals surface area contributed by atoms with Crippen molar-refractivity contribution in [3.8, 4) is 5.75 Å². The van der Waals surface area contributed by atoms with Crippen LogP contribution in [0.2, 0.25) is 5.02 Å². The zero-order valence-corrected chi connectivity index (χ0v) is 16.5. The number of benzene rings is 2. The molecule has 138 valence electrons. The molecule has 7 heteroatoms. The summed E-state index contributed by atoms with van der Waals surface area (Å²) < 4.78 is 5.07. The van der Waals surface area contributed by atoms with Crippen molar-refractivity contribution < 1.29 is 14.3 Å². The third-order valence-electron chi connectivity index (χ3n) is 3.41. The molecular formula is C19H21ClN2O3S. The van der Waals surface area contributed by atoms with Crippen LogP contribution in [0, 0.1) is 13.8 Å². The lowest BCUT2D eigenvalue weighted by Gasteiger charge is -2.09. The lowest BCUT2D eigenvalue weighted by Crippen LogP contribution is -2.18. The topological polar surface area (TPSA) is 67.4 Å². The third-order valence-corrected chi connectivity index (χ3v) is 4.64. The smallest absolute Gasteiger partial charge is 0.234 e. The van der Waals surface area contributed by atoms with Crippen molar-refractivity contribution in [1.82, 2.24) is 0 Å². The second-order valence-electron chi connectivity index (χ2n) is 5.81. The Morgan fingerprint density at radius 2 is 1.54 bits per heavy atom. The number of halogens is 1. The van der Waals surface area contributed by atoms with Crippen LogP contribution in [0.3, 0.4) is 0 Å².